The Morgan fingerprint density at radius 1 is 0.949 bits per heavy atom. The molecule has 0 saturated carbocycles. The van der Waals surface area contributed by atoms with Gasteiger partial charge in [0.05, 0.1) is 18.8 Å². The summed E-state index contributed by atoms with van der Waals surface area (Å²) in [7, 11) is 0. The zero-order chi connectivity index (χ0) is 27.2. The fourth-order valence-corrected chi connectivity index (χ4v) is 5.19. The van der Waals surface area contributed by atoms with Gasteiger partial charge in [0.15, 0.2) is 6.29 Å². The fraction of sp³-hybridized carbons (Fsp3) is 0.433. The minimum atomic E-state index is -0.512. The maximum absolute atomic E-state index is 11.3. The highest BCUT2D eigenvalue weighted by molar-refractivity contribution is 5.72. The van der Waals surface area contributed by atoms with E-state index in [4.69, 9.17) is 9.47 Å². The van der Waals surface area contributed by atoms with E-state index in [2.05, 4.69) is 32.0 Å². The Morgan fingerprint density at radius 2 is 1.59 bits per heavy atom. The van der Waals surface area contributed by atoms with Crippen molar-refractivity contribution in [3.63, 3.8) is 0 Å². The number of aromatic nitrogens is 2. The van der Waals surface area contributed by atoms with Gasteiger partial charge in [-0.25, -0.2) is 9.97 Å². The summed E-state index contributed by atoms with van der Waals surface area (Å²) < 4.78 is 13.2. The van der Waals surface area contributed by atoms with Crippen LogP contribution in [0, 0.1) is 5.92 Å². The number of carbonyl (C=O) groups excluding carboxylic acids is 1. The lowest BCUT2D eigenvalue weighted by Gasteiger charge is -2.44. The predicted octanol–water partition coefficient (Wildman–Crippen LogP) is 3.22. The predicted molar refractivity (Wildman–Crippen MR) is 148 cm³/mol. The van der Waals surface area contributed by atoms with Gasteiger partial charge in [0.25, 0.3) is 0 Å². The van der Waals surface area contributed by atoms with Crippen LogP contribution in [-0.4, -0.2) is 64.7 Å². The summed E-state index contributed by atoms with van der Waals surface area (Å²) in [6, 6.07) is 17.9. The Bertz CT molecular complexity index is 1200. The third-order valence-electron chi connectivity index (χ3n) is 7.56. The first-order chi connectivity index (χ1) is 19.0. The number of rotatable bonds is 8. The van der Waals surface area contributed by atoms with Crippen molar-refractivity contribution in [3.05, 3.63) is 89.2 Å². The highest BCUT2D eigenvalue weighted by atomic mass is 16.7. The first-order valence-electron chi connectivity index (χ1n) is 13.6. The van der Waals surface area contributed by atoms with Crippen molar-refractivity contribution < 1.29 is 19.4 Å². The maximum atomic E-state index is 11.3. The van der Waals surface area contributed by atoms with Crippen LogP contribution in [0.25, 0.3) is 0 Å². The number of anilines is 1. The van der Waals surface area contributed by atoms with Gasteiger partial charge in [-0.2, -0.15) is 0 Å². The number of ether oxygens (including phenoxy) is 2. The smallest absolute Gasteiger partial charge is 0.225 e. The van der Waals surface area contributed by atoms with Crippen LogP contribution >= 0.6 is 0 Å². The van der Waals surface area contributed by atoms with E-state index in [1.807, 2.05) is 54.6 Å². The number of amides is 1. The average Bonchev–Trinajstić information content (AvgIpc) is 2.98. The third kappa shape index (κ3) is 6.80. The molecule has 2 aliphatic heterocycles. The third-order valence-corrected chi connectivity index (χ3v) is 7.56. The minimum Gasteiger partial charge on any atom is -0.392 e. The minimum absolute atomic E-state index is 0.0144. The molecule has 0 spiro atoms. The number of carbonyl (C=O) groups is 1. The van der Waals surface area contributed by atoms with Gasteiger partial charge in [0.1, 0.15) is 0 Å². The van der Waals surface area contributed by atoms with Gasteiger partial charge in [0, 0.05) is 70.1 Å². The van der Waals surface area contributed by atoms with Crippen LogP contribution in [0.1, 0.15) is 48.5 Å². The van der Waals surface area contributed by atoms with E-state index in [0.717, 1.165) is 60.9 Å². The molecule has 2 aliphatic rings. The molecular weight excluding hydrogens is 494 g/mol. The van der Waals surface area contributed by atoms with Crippen molar-refractivity contribution in [2.24, 2.45) is 5.92 Å². The SMILES string of the molecule is CC(=O)NCc1ccc(C2OC(CN3CCN(c4ncccn4)CC3)C(C)C(c3ccc(CO)cc3)O2)cc1. The Morgan fingerprint density at radius 3 is 2.23 bits per heavy atom. The number of hydrogen-bond donors (Lipinski definition) is 2. The molecule has 2 N–H and O–H groups in total. The van der Waals surface area contributed by atoms with Crippen LogP contribution in [-0.2, 0) is 27.4 Å². The second kappa shape index (κ2) is 12.7. The number of aliphatic hydroxyl groups excluding tert-OH is 1. The van der Waals surface area contributed by atoms with E-state index in [-0.39, 0.29) is 30.6 Å². The van der Waals surface area contributed by atoms with E-state index in [9.17, 15) is 9.90 Å². The number of aliphatic hydroxyl groups is 1. The molecule has 9 heteroatoms. The summed E-state index contributed by atoms with van der Waals surface area (Å²) in [5.41, 5.74) is 3.92. The standard InChI is InChI=1S/C30H37N5O4/c1-21-27(19-34-14-16-35(17-15-34)30-31-12-3-13-32-30)38-29(26-10-4-23(5-11-26)18-33-22(2)37)39-28(21)25-8-6-24(20-36)7-9-25/h3-13,21,27-29,36H,14-20H2,1-2H3,(H,33,37). The van der Waals surface area contributed by atoms with Crippen LogP contribution in [0.5, 0.6) is 0 Å². The van der Waals surface area contributed by atoms with Gasteiger partial charge in [-0.3, -0.25) is 9.69 Å². The van der Waals surface area contributed by atoms with Crippen molar-refractivity contribution in [2.45, 2.75) is 45.5 Å². The second-order valence-electron chi connectivity index (χ2n) is 10.3. The van der Waals surface area contributed by atoms with Crippen LogP contribution in [0.2, 0.25) is 0 Å². The molecule has 2 aromatic carbocycles. The van der Waals surface area contributed by atoms with Crippen LogP contribution in [0.3, 0.4) is 0 Å². The van der Waals surface area contributed by atoms with Gasteiger partial charge in [-0.15, -0.1) is 0 Å². The molecule has 4 unspecified atom stereocenters. The van der Waals surface area contributed by atoms with Crippen LogP contribution < -0.4 is 10.2 Å². The molecule has 3 aromatic rings. The number of piperazine rings is 1. The molecule has 3 heterocycles. The zero-order valence-electron chi connectivity index (χ0n) is 22.6. The lowest BCUT2D eigenvalue weighted by Crippen LogP contribution is -2.51. The molecule has 2 fully saturated rings. The van der Waals surface area contributed by atoms with Gasteiger partial charge < -0.3 is 24.8 Å². The monoisotopic (exact) mass is 531 g/mol. The number of hydrogen-bond acceptors (Lipinski definition) is 8. The lowest BCUT2D eigenvalue weighted by molar-refractivity contribution is -0.276. The first-order valence-corrected chi connectivity index (χ1v) is 13.6. The maximum Gasteiger partial charge on any atom is 0.225 e. The summed E-state index contributed by atoms with van der Waals surface area (Å²) in [5.74, 6) is 0.846. The molecular formula is C30H37N5O4. The Balaban J connectivity index is 1.30. The van der Waals surface area contributed by atoms with E-state index in [1.165, 1.54) is 6.92 Å². The quantitative estimate of drug-likeness (QED) is 0.457. The summed E-state index contributed by atoms with van der Waals surface area (Å²) in [6.45, 7) is 8.56. The van der Waals surface area contributed by atoms with Crippen molar-refractivity contribution >= 4 is 11.9 Å². The Labute approximate surface area is 229 Å². The van der Waals surface area contributed by atoms with E-state index in [1.54, 1.807) is 12.4 Å². The van der Waals surface area contributed by atoms with Gasteiger partial charge in [-0.1, -0.05) is 55.5 Å². The molecule has 2 saturated heterocycles. The van der Waals surface area contributed by atoms with Crippen molar-refractivity contribution in [2.75, 3.05) is 37.6 Å². The molecule has 0 bridgehead atoms. The average molecular weight is 532 g/mol. The summed E-state index contributed by atoms with van der Waals surface area (Å²) >= 11 is 0. The van der Waals surface area contributed by atoms with Gasteiger partial charge >= 0.3 is 0 Å². The van der Waals surface area contributed by atoms with Crippen molar-refractivity contribution in [3.8, 4) is 0 Å². The molecule has 1 aromatic heterocycles. The van der Waals surface area contributed by atoms with E-state index in [0.29, 0.717) is 6.54 Å². The molecule has 1 amide bonds. The lowest BCUT2D eigenvalue weighted by atomic mass is 9.90. The molecule has 0 aliphatic carbocycles. The highest BCUT2D eigenvalue weighted by Gasteiger charge is 2.39. The molecule has 5 rings (SSSR count). The van der Waals surface area contributed by atoms with E-state index < -0.39 is 6.29 Å². The second-order valence-corrected chi connectivity index (χ2v) is 10.3. The fourth-order valence-electron chi connectivity index (χ4n) is 5.19. The molecule has 206 valence electrons. The molecule has 4 atom stereocenters. The number of nitrogens with one attached hydrogen (secondary N) is 1. The highest BCUT2D eigenvalue weighted by Crippen LogP contribution is 2.42. The van der Waals surface area contributed by atoms with Crippen molar-refractivity contribution in [1.82, 2.24) is 20.2 Å². The Kier molecular flexibility index (Phi) is 8.83. The van der Waals surface area contributed by atoms with Gasteiger partial charge in [-0.05, 0) is 22.8 Å². The number of nitrogens with zero attached hydrogens (tertiary/aromatic N) is 4. The zero-order valence-corrected chi connectivity index (χ0v) is 22.6. The largest absolute Gasteiger partial charge is 0.392 e. The molecule has 0 radical (unpaired) electrons. The number of benzene rings is 2. The summed E-state index contributed by atoms with van der Waals surface area (Å²) in [5, 5.41) is 12.3. The first kappa shape index (κ1) is 27.2. The van der Waals surface area contributed by atoms with Crippen LogP contribution in [0.4, 0.5) is 5.95 Å². The molecule has 39 heavy (non-hydrogen) atoms. The normalized spacial score (nSPS) is 23.9. The molecule has 9 nitrogen and oxygen atoms in total. The van der Waals surface area contributed by atoms with Gasteiger partial charge in [0.2, 0.25) is 11.9 Å². The van der Waals surface area contributed by atoms with Crippen molar-refractivity contribution in [1.29, 1.82) is 0 Å². The Hall–Kier alpha value is -3.37. The van der Waals surface area contributed by atoms with Crippen LogP contribution in [0.15, 0.2) is 67.0 Å². The topological polar surface area (TPSA) is 100 Å². The van der Waals surface area contributed by atoms with E-state index >= 15 is 0 Å². The summed E-state index contributed by atoms with van der Waals surface area (Å²) in [6.07, 6.45) is 2.87. The summed E-state index contributed by atoms with van der Waals surface area (Å²) in [4.78, 5) is 24.8.